The molecule has 0 radical (unpaired) electrons. The molecule has 0 aliphatic rings. The standard InChI is InChI=1S/C16H17N3O3S/c1-10(9-12(20)13-6-4-8-22-13)17-15(21)19-16-18-11-5-2-3-7-14(11)23-16/h2-8,10,12,20H,9H2,1H3,(H2,17,18,19,21)/t10-,12+/m0/s1. The first kappa shape index (κ1) is 15.5. The lowest BCUT2D eigenvalue weighted by Crippen LogP contribution is -2.36. The molecule has 2 atom stereocenters. The predicted molar refractivity (Wildman–Crippen MR) is 89.5 cm³/mol. The molecule has 0 spiro atoms. The number of para-hydroxylation sites is 1. The molecule has 0 saturated heterocycles. The minimum atomic E-state index is -0.747. The van der Waals surface area contributed by atoms with Crippen LogP contribution in [0.5, 0.6) is 0 Å². The van der Waals surface area contributed by atoms with Gasteiger partial charge >= 0.3 is 6.03 Å². The zero-order valence-corrected chi connectivity index (χ0v) is 13.3. The number of aromatic nitrogens is 1. The van der Waals surface area contributed by atoms with Crippen molar-refractivity contribution in [2.24, 2.45) is 0 Å². The van der Waals surface area contributed by atoms with Gasteiger partial charge in [0.1, 0.15) is 11.9 Å². The number of carbonyl (C=O) groups excluding carboxylic acids is 1. The van der Waals surface area contributed by atoms with E-state index < -0.39 is 6.10 Å². The molecule has 1 aromatic carbocycles. The Kier molecular flexibility index (Phi) is 4.59. The lowest BCUT2D eigenvalue weighted by Gasteiger charge is -2.16. The van der Waals surface area contributed by atoms with Gasteiger partial charge in [0.2, 0.25) is 0 Å². The van der Waals surface area contributed by atoms with Crippen LogP contribution in [-0.4, -0.2) is 22.2 Å². The van der Waals surface area contributed by atoms with Crippen LogP contribution >= 0.6 is 11.3 Å². The van der Waals surface area contributed by atoms with Gasteiger partial charge in [0.05, 0.1) is 16.5 Å². The fourth-order valence-electron chi connectivity index (χ4n) is 2.27. The van der Waals surface area contributed by atoms with E-state index in [0.717, 1.165) is 10.2 Å². The van der Waals surface area contributed by atoms with Gasteiger partial charge in [0.15, 0.2) is 5.13 Å². The van der Waals surface area contributed by atoms with Crippen molar-refractivity contribution in [1.82, 2.24) is 10.3 Å². The summed E-state index contributed by atoms with van der Waals surface area (Å²) in [6, 6.07) is 10.6. The Bertz CT molecular complexity index is 752. The largest absolute Gasteiger partial charge is 0.467 e. The molecule has 0 saturated carbocycles. The van der Waals surface area contributed by atoms with Crippen LogP contribution < -0.4 is 10.6 Å². The quantitative estimate of drug-likeness (QED) is 0.667. The van der Waals surface area contributed by atoms with E-state index >= 15 is 0 Å². The monoisotopic (exact) mass is 331 g/mol. The van der Waals surface area contributed by atoms with Gasteiger partial charge in [0, 0.05) is 12.5 Å². The second-order valence-corrected chi connectivity index (χ2v) is 6.28. The van der Waals surface area contributed by atoms with Gasteiger partial charge in [-0.1, -0.05) is 23.5 Å². The van der Waals surface area contributed by atoms with Crippen molar-refractivity contribution >= 4 is 32.7 Å². The Morgan fingerprint density at radius 3 is 2.91 bits per heavy atom. The van der Waals surface area contributed by atoms with E-state index in [9.17, 15) is 9.90 Å². The highest BCUT2D eigenvalue weighted by Crippen LogP contribution is 2.25. The highest BCUT2D eigenvalue weighted by molar-refractivity contribution is 7.22. The molecule has 2 aromatic heterocycles. The van der Waals surface area contributed by atoms with Gasteiger partial charge < -0.3 is 14.8 Å². The van der Waals surface area contributed by atoms with Crippen LogP contribution in [-0.2, 0) is 0 Å². The maximum Gasteiger partial charge on any atom is 0.321 e. The van der Waals surface area contributed by atoms with Crippen molar-refractivity contribution in [3.05, 3.63) is 48.4 Å². The summed E-state index contributed by atoms with van der Waals surface area (Å²) in [7, 11) is 0. The average Bonchev–Trinajstić information content (AvgIpc) is 3.15. The van der Waals surface area contributed by atoms with Crippen molar-refractivity contribution in [1.29, 1.82) is 0 Å². The van der Waals surface area contributed by atoms with Crippen molar-refractivity contribution in [3.8, 4) is 0 Å². The van der Waals surface area contributed by atoms with E-state index in [1.165, 1.54) is 17.6 Å². The fraction of sp³-hybridized carbons (Fsp3) is 0.250. The Balaban J connectivity index is 1.54. The molecule has 2 amide bonds. The summed E-state index contributed by atoms with van der Waals surface area (Å²) < 4.78 is 6.16. The molecule has 0 fully saturated rings. The third-order valence-electron chi connectivity index (χ3n) is 3.34. The number of benzene rings is 1. The minimum Gasteiger partial charge on any atom is -0.467 e. The normalized spacial score (nSPS) is 13.7. The number of nitrogens with zero attached hydrogens (tertiary/aromatic N) is 1. The van der Waals surface area contributed by atoms with E-state index in [1.807, 2.05) is 31.2 Å². The lowest BCUT2D eigenvalue weighted by atomic mass is 10.1. The van der Waals surface area contributed by atoms with Gasteiger partial charge in [-0.25, -0.2) is 9.78 Å². The van der Waals surface area contributed by atoms with Crippen LogP contribution in [0.3, 0.4) is 0 Å². The molecule has 3 N–H and O–H groups in total. The number of anilines is 1. The molecule has 6 nitrogen and oxygen atoms in total. The van der Waals surface area contributed by atoms with E-state index in [4.69, 9.17) is 4.42 Å². The number of hydrogen-bond donors (Lipinski definition) is 3. The van der Waals surface area contributed by atoms with E-state index in [2.05, 4.69) is 15.6 Å². The first-order valence-electron chi connectivity index (χ1n) is 7.26. The number of carbonyl (C=O) groups is 1. The number of thiazole rings is 1. The van der Waals surface area contributed by atoms with Crippen LogP contribution in [0.4, 0.5) is 9.93 Å². The number of aliphatic hydroxyl groups is 1. The smallest absolute Gasteiger partial charge is 0.321 e. The molecule has 0 aliphatic heterocycles. The van der Waals surface area contributed by atoms with E-state index in [0.29, 0.717) is 17.3 Å². The van der Waals surface area contributed by atoms with Crippen LogP contribution in [0.25, 0.3) is 10.2 Å². The lowest BCUT2D eigenvalue weighted by molar-refractivity contribution is 0.130. The second kappa shape index (κ2) is 6.80. The molecule has 0 unspecified atom stereocenters. The summed E-state index contributed by atoms with van der Waals surface area (Å²) in [5.74, 6) is 0.491. The Morgan fingerprint density at radius 1 is 1.35 bits per heavy atom. The van der Waals surface area contributed by atoms with Gasteiger partial charge in [0.25, 0.3) is 0 Å². The summed E-state index contributed by atoms with van der Waals surface area (Å²) in [6.45, 7) is 1.82. The third-order valence-corrected chi connectivity index (χ3v) is 4.29. The SMILES string of the molecule is C[C@@H](C[C@@H](O)c1ccco1)NC(=O)Nc1nc2ccccc2s1. The van der Waals surface area contributed by atoms with E-state index in [-0.39, 0.29) is 12.1 Å². The molecule has 120 valence electrons. The molecule has 2 heterocycles. The van der Waals surface area contributed by atoms with Crippen LogP contribution in [0.1, 0.15) is 25.2 Å². The number of hydrogen-bond acceptors (Lipinski definition) is 5. The minimum absolute atomic E-state index is 0.218. The Labute approximate surface area is 137 Å². The summed E-state index contributed by atoms with van der Waals surface area (Å²) in [6.07, 6.45) is 1.12. The predicted octanol–water partition coefficient (Wildman–Crippen LogP) is 3.52. The highest BCUT2D eigenvalue weighted by atomic mass is 32.1. The zero-order chi connectivity index (χ0) is 16.2. The number of nitrogens with one attached hydrogen (secondary N) is 2. The summed E-state index contributed by atoms with van der Waals surface area (Å²) in [5, 5.41) is 16.0. The van der Waals surface area contributed by atoms with Crippen LogP contribution in [0, 0.1) is 0 Å². The summed E-state index contributed by atoms with van der Waals surface area (Å²) in [5.41, 5.74) is 0.856. The first-order valence-corrected chi connectivity index (χ1v) is 8.08. The molecule has 3 rings (SSSR count). The third kappa shape index (κ3) is 3.88. The number of aliphatic hydroxyl groups excluding tert-OH is 1. The number of amides is 2. The zero-order valence-electron chi connectivity index (χ0n) is 12.5. The second-order valence-electron chi connectivity index (χ2n) is 5.25. The van der Waals surface area contributed by atoms with Gasteiger partial charge in [-0.15, -0.1) is 0 Å². The molecule has 3 aromatic rings. The first-order chi connectivity index (χ1) is 11.1. The van der Waals surface area contributed by atoms with Crippen molar-refractivity contribution in [3.63, 3.8) is 0 Å². The maximum atomic E-state index is 12.0. The molecular formula is C16H17N3O3S. The molecule has 0 aliphatic carbocycles. The molecule has 0 bridgehead atoms. The average molecular weight is 331 g/mol. The topological polar surface area (TPSA) is 87.4 Å². The van der Waals surface area contributed by atoms with Crippen molar-refractivity contribution < 1.29 is 14.3 Å². The maximum absolute atomic E-state index is 12.0. The number of rotatable bonds is 5. The Morgan fingerprint density at radius 2 is 2.17 bits per heavy atom. The number of urea groups is 1. The molecule has 23 heavy (non-hydrogen) atoms. The Hall–Kier alpha value is -2.38. The van der Waals surface area contributed by atoms with Gasteiger partial charge in [-0.3, -0.25) is 5.32 Å². The summed E-state index contributed by atoms with van der Waals surface area (Å²) in [4.78, 5) is 16.4. The van der Waals surface area contributed by atoms with Crippen LogP contribution in [0.2, 0.25) is 0 Å². The summed E-state index contributed by atoms with van der Waals surface area (Å²) >= 11 is 1.42. The highest BCUT2D eigenvalue weighted by Gasteiger charge is 2.17. The van der Waals surface area contributed by atoms with Crippen LogP contribution in [0.15, 0.2) is 47.1 Å². The van der Waals surface area contributed by atoms with Crippen molar-refractivity contribution in [2.75, 3.05) is 5.32 Å². The van der Waals surface area contributed by atoms with Gasteiger partial charge in [-0.05, 0) is 31.2 Å². The van der Waals surface area contributed by atoms with Gasteiger partial charge in [-0.2, -0.15) is 0 Å². The fourth-order valence-corrected chi connectivity index (χ4v) is 3.13. The number of furan rings is 1. The van der Waals surface area contributed by atoms with E-state index in [1.54, 1.807) is 12.1 Å². The molecular weight excluding hydrogens is 314 g/mol. The number of fused-ring (bicyclic) bond motifs is 1. The van der Waals surface area contributed by atoms with Crippen molar-refractivity contribution in [2.45, 2.75) is 25.5 Å². The molecule has 7 heteroatoms.